The first-order valence-corrected chi connectivity index (χ1v) is 16.5. The lowest BCUT2D eigenvalue weighted by Crippen LogP contribution is -2.54. The van der Waals surface area contributed by atoms with E-state index in [1.807, 2.05) is 13.0 Å². The molecule has 6 atom stereocenters. The monoisotopic (exact) mass is 689 g/mol. The molecule has 0 radical (unpaired) electrons. The molecule has 15 heteroatoms. The summed E-state index contributed by atoms with van der Waals surface area (Å²) in [5.41, 5.74) is 0.649. The summed E-state index contributed by atoms with van der Waals surface area (Å²) in [6.07, 6.45) is -1.22. The highest BCUT2D eigenvalue weighted by Gasteiger charge is 2.47. The number of aryl methyl sites for hydroxylation is 1. The molecule has 2 saturated heterocycles. The number of aliphatic hydroxyl groups excluding tert-OH is 3. The second kappa shape index (κ2) is 16.7. The molecule has 1 aromatic rings. The summed E-state index contributed by atoms with van der Waals surface area (Å²) < 4.78 is 22.3. The minimum atomic E-state index is -1.51. The van der Waals surface area contributed by atoms with Gasteiger partial charge >= 0.3 is 5.97 Å². The molecule has 4 amide bonds. The van der Waals surface area contributed by atoms with E-state index in [0.717, 1.165) is 22.6 Å². The van der Waals surface area contributed by atoms with Crippen molar-refractivity contribution in [2.75, 3.05) is 32.9 Å². The standard InChI is InChI=1S/C34H47N3O12/c1-5-46-18-22-15-23(37-27(40)11-12-28(37)41)31(44)36(22)16-26(39)35-13-7-6-8-20-9-10-21(17-48-33(45)34(2,3)4)25(14-20)49-32-30(43)29(42)24(38)19-47-32/h9-12,14,22-24,29-30,32,38,42-43H,5-8,13,15-19H2,1-4H3,(H,35,39)/t22-,23-,24+,29-,30+,32-/m0/s1. The maximum absolute atomic E-state index is 13.2. The van der Waals surface area contributed by atoms with Gasteiger partial charge in [-0.15, -0.1) is 0 Å². The van der Waals surface area contributed by atoms with Crippen LogP contribution in [0.1, 0.15) is 58.1 Å². The van der Waals surface area contributed by atoms with Gasteiger partial charge in [0.15, 0.2) is 0 Å². The number of rotatable bonds is 15. The Morgan fingerprint density at radius 1 is 1.04 bits per heavy atom. The lowest BCUT2D eigenvalue weighted by Gasteiger charge is -2.35. The van der Waals surface area contributed by atoms with E-state index in [2.05, 4.69) is 5.32 Å². The van der Waals surface area contributed by atoms with E-state index in [1.165, 1.54) is 4.90 Å². The summed E-state index contributed by atoms with van der Waals surface area (Å²) >= 11 is 0. The SMILES string of the molecule is CCOC[C@@H]1C[C@H](N2C(=O)C=CC2=O)C(=O)N1CC(=O)NCCCCc1ccc(COC(=O)C(C)(C)C)c(O[C@@H]2OC[C@@H](O)[C@H](O)[C@H]2O)c1. The first-order chi connectivity index (χ1) is 23.2. The average molecular weight is 690 g/mol. The molecule has 15 nitrogen and oxygen atoms in total. The zero-order valence-corrected chi connectivity index (χ0v) is 28.3. The van der Waals surface area contributed by atoms with Crippen LogP contribution in [0.4, 0.5) is 0 Å². The molecule has 3 heterocycles. The zero-order chi connectivity index (χ0) is 35.9. The van der Waals surface area contributed by atoms with Crippen LogP contribution >= 0.6 is 0 Å². The Morgan fingerprint density at radius 2 is 1.76 bits per heavy atom. The molecule has 4 N–H and O–H groups in total. The lowest BCUT2D eigenvalue weighted by molar-refractivity contribution is -0.242. The molecular formula is C34H47N3O12. The van der Waals surface area contributed by atoms with Crippen molar-refractivity contribution < 1.29 is 58.2 Å². The quantitative estimate of drug-likeness (QED) is 0.109. The molecule has 0 aromatic heterocycles. The minimum Gasteiger partial charge on any atom is -0.462 e. The lowest BCUT2D eigenvalue weighted by atomic mass is 9.97. The molecule has 270 valence electrons. The number of aliphatic hydroxyl groups is 3. The van der Waals surface area contributed by atoms with Gasteiger partial charge in [-0.1, -0.05) is 12.1 Å². The fourth-order valence-electron chi connectivity index (χ4n) is 5.65. The van der Waals surface area contributed by atoms with Gasteiger partial charge in [-0.05, 0) is 58.6 Å². The normalized spacial score (nSPS) is 25.7. The van der Waals surface area contributed by atoms with Gasteiger partial charge in [0.2, 0.25) is 18.1 Å². The highest BCUT2D eigenvalue weighted by atomic mass is 16.7. The predicted octanol–water partition coefficient (Wildman–Crippen LogP) is -0.0364. The third-order valence-corrected chi connectivity index (χ3v) is 8.50. The zero-order valence-electron chi connectivity index (χ0n) is 28.3. The Hall–Kier alpha value is -3.89. The number of imide groups is 1. The van der Waals surface area contributed by atoms with Crippen molar-refractivity contribution in [2.45, 2.75) is 96.7 Å². The van der Waals surface area contributed by atoms with Crippen molar-refractivity contribution in [1.82, 2.24) is 15.1 Å². The Bertz CT molecular complexity index is 1390. The Kier molecular flexibility index (Phi) is 12.9. The summed E-state index contributed by atoms with van der Waals surface area (Å²) in [5.74, 6) is -2.10. The van der Waals surface area contributed by atoms with Gasteiger partial charge in [-0.2, -0.15) is 0 Å². The number of nitrogens with zero attached hydrogens (tertiary/aromatic N) is 2. The van der Waals surface area contributed by atoms with Gasteiger partial charge in [-0.25, -0.2) is 0 Å². The first kappa shape index (κ1) is 37.9. The summed E-state index contributed by atoms with van der Waals surface area (Å²) in [6.45, 7) is 7.35. The van der Waals surface area contributed by atoms with Crippen molar-refractivity contribution in [3.05, 3.63) is 41.5 Å². The fraction of sp³-hybridized carbons (Fsp3) is 0.618. The third kappa shape index (κ3) is 9.63. The van der Waals surface area contributed by atoms with Crippen LogP contribution in [0.3, 0.4) is 0 Å². The van der Waals surface area contributed by atoms with Crippen molar-refractivity contribution in [3.8, 4) is 5.75 Å². The van der Waals surface area contributed by atoms with Crippen LogP contribution in [0.5, 0.6) is 5.75 Å². The van der Waals surface area contributed by atoms with E-state index in [1.54, 1.807) is 32.9 Å². The number of unbranched alkanes of at least 4 members (excludes halogenated alkanes) is 1. The minimum absolute atomic E-state index is 0.0982. The maximum atomic E-state index is 13.2. The van der Waals surface area contributed by atoms with Crippen molar-refractivity contribution in [2.24, 2.45) is 5.41 Å². The Morgan fingerprint density at radius 3 is 2.43 bits per heavy atom. The van der Waals surface area contributed by atoms with E-state index in [-0.39, 0.29) is 44.4 Å². The molecule has 4 rings (SSSR count). The van der Waals surface area contributed by atoms with Gasteiger partial charge in [0.05, 0.1) is 31.2 Å². The highest BCUT2D eigenvalue weighted by molar-refractivity contribution is 6.15. The van der Waals surface area contributed by atoms with Gasteiger partial charge in [-0.3, -0.25) is 28.9 Å². The number of carbonyl (C=O) groups excluding carboxylic acids is 5. The molecule has 49 heavy (non-hydrogen) atoms. The molecule has 0 bridgehead atoms. The fourth-order valence-corrected chi connectivity index (χ4v) is 5.65. The molecule has 0 spiro atoms. The van der Waals surface area contributed by atoms with E-state index >= 15 is 0 Å². The van der Waals surface area contributed by atoms with Crippen LogP contribution in [0.15, 0.2) is 30.4 Å². The summed E-state index contributed by atoms with van der Waals surface area (Å²) in [7, 11) is 0. The van der Waals surface area contributed by atoms with Gasteiger partial charge < -0.3 is 44.5 Å². The average Bonchev–Trinajstić information content (AvgIpc) is 3.54. The Balaban J connectivity index is 1.31. The van der Waals surface area contributed by atoms with Crippen molar-refractivity contribution in [1.29, 1.82) is 0 Å². The summed E-state index contributed by atoms with van der Waals surface area (Å²) in [6, 6.07) is 3.87. The van der Waals surface area contributed by atoms with Crippen LogP contribution < -0.4 is 10.1 Å². The molecule has 3 aliphatic rings. The van der Waals surface area contributed by atoms with Gasteiger partial charge in [0.25, 0.3) is 11.8 Å². The van der Waals surface area contributed by atoms with Crippen LogP contribution in [0.25, 0.3) is 0 Å². The summed E-state index contributed by atoms with van der Waals surface area (Å²) in [4.78, 5) is 65.1. The molecule has 3 aliphatic heterocycles. The molecule has 0 aliphatic carbocycles. The number of likely N-dealkylation sites (tertiary alicyclic amines) is 1. The molecule has 1 aromatic carbocycles. The van der Waals surface area contributed by atoms with E-state index in [4.69, 9.17) is 18.9 Å². The summed E-state index contributed by atoms with van der Waals surface area (Å²) in [5, 5.41) is 33.1. The van der Waals surface area contributed by atoms with Crippen LogP contribution in [-0.2, 0) is 51.2 Å². The smallest absolute Gasteiger partial charge is 0.311 e. The molecule has 0 saturated carbocycles. The van der Waals surface area contributed by atoms with Gasteiger partial charge in [0, 0.05) is 37.3 Å². The number of benzene rings is 1. The molecule has 0 unspecified atom stereocenters. The van der Waals surface area contributed by atoms with Crippen LogP contribution in [-0.4, -0.2) is 124 Å². The van der Waals surface area contributed by atoms with Crippen LogP contribution in [0.2, 0.25) is 0 Å². The number of esters is 1. The third-order valence-electron chi connectivity index (χ3n) is 8.50. The first-order valence-electron chi connectivity index (χ1n) is 16.5. The number of ether oxygens (including phenoxy) is 4. The van der Waals surface area contributed by atoms with E-state index < -0.39 is 65.8 Å². The maximum Gasteiger partial charge on any atom is 0.311 e. The van der Waals surface area contributed by atoms with Crippen molar-refractivity contribution in [3.63, 3.8) is 0 Å². The molecule has 2 fully saturated rings. The molecular weight excluding hydrogens is 642 g/mol. The second-order valence-electron chi connectivity index (χ2n) is 13.4. The number of hydrogen-bond acceptors (Lipinski definition) is 12. The van der Waals surface area contributed by atoms with Gasteiger partial charge in [0.1, 0.15) is 36.7 Å². The Labute approximate surface area is 285 Å². The number of nitrogens with one attached hydrogen (secondary N) is 1. The number of carbonyl (C=O) groups is 5. The topological polar surface area (TPSA) is 201 Å². The van der Waals surface area contributed by atoms with Crippen LogP contribution in [0, 0.1) is 5.41 Å². The van der Waals surface area contributed by atoms with Crippen molar-refractivity contribution >= 4 is 29.6 Å². The number of amides is 4. The van der Waals surface area contributed by atoms with E-state index in [0.29, 0.717) is 38.0 Å². The van der Waals surface area contributed by atoms with E-state index in [9.17, 15) is 39.3 Å². The second-order valence-corrected chi connectivity index (χ2v) is 13.4. The highest BCUT2D eigenvalue weighted by Crippen LogP contribution is 2.29. The largest absolute Gasteiger partial charge is 0.462 e. The number of hydrogen-bond donors (Lipinski definition) is 4. The predicted molar refractivity (Wildman–Crippen MR) is 171 cm³/mol.